The summed E-state index contributed by atoms with van der Waals surface area (Å²) >= 11 is 0. The molecule has 2 aromatic rings. The van der Waals surface area contributed by atoms with Crippen LogP contribution in [0.15, 0.2) is 17.1 Å². The Morgan fingerprint density at radius 1 is 1.29 bits per heavy atom. The van der Waals surface area contributed by atoms with E-state index in [1.807, 2.05) is 16.4 Å². The average Bonchev–Trinajstić information content (AvgIpc) is 3.45. The molecule has 1 aromatic heterocycles. The molecule has 0 amide bonds. The molecule has 1 aromatic carbocycles. The molecule has 3 atom stereocenters. The number of hydrogen-bond acceptors (Lipinski definition) is 4. The van der Waals surface area contributed by atoms with E-state index in [9.17, 15) is 14.7 Å². The third-order valence-corrected chi connectivity index (χ3v) is 6.48. The number of nitrogens with two attached hydrogens (primary N) is 1. The van der Waals surface area contributed by atoms with Crippen LogP contribution < -0.4 is 16.1 Å². The van der Waals surface area contributed by atoms with Crippen LogP contribution in [0.5, 0.6) is 0 Å². The number of rotatable bonds is 3. The van der Waals surface area contributed by atoms with Gasteiger partial charge in [-0.2, -0.15) is 0 Å². The maximum atomic E-state index is 15.2. The molecule has 1 aliphatic heterocycles. The van der Waals surface area contributed by atoms with Crippen LogP contribution in [0.2, 0.25) is 0 Å². The van der Waals surface area contributed by atoms with E-state index in [1.54, 1.807) is 0 Å². The third-order valence-electron chi connectivity index (χ3n) is 6.48. The number of carboxylic acids is 1. The van der Waals surface area contributed by atoms with Crippen LogP contribution in [0.4, 0.5) is 10.1 Å². The van der Waals surface area contributed by atoms with Crippen LogP contribution in [0.3, 0.4) is 0 Å². The smallest absolute Gasteiger partial charge is 0.341 e. The number of halogens is 1. The van der Waals surface area contributed by atoms with Crippen molar-refractivity contribution < 1.29 is 14.3 Å². The molecule has 7 heteroatoms. The minimum atomic E-state index is -1.28. The van der Waals surface area contributed by atoms with Gasteiger partial charge in [0.2, 0.25) is 5.43 Å². The topological polar surface area (TPSA) is 88.6 Å². The number of pyridine rings is 1. The summed E-state index contributed by atoms with van der Waals surface area (Å²) in [5, 5.41) is 9.54. The lowest BCUT2D eigenvalue weighted by Crippen LogP contribution is -2.52. The number of hydrogen-bond donors (Lipinski definition) is 2. The SMILES string of the molecule is Cc1c(N2C[C@@H](N)[C@@H](C)[C@@H](C)C2)c(F)cc2c(=O)c(C(=O)O)cn(C3CC3)c12. The second kappa shape index (κ2) is 6.58. The summed E-state index contributed by atoms with van der Waals surface area (Å²) in [5.74, 6) is -1.12. The Kier molecular flexibility index (Phi) is 4.45. The molecule has 4 rings (SSSR count). The van der Waals surface area contributed by atoms with Crippen molar-refractivity contribution in [3.63, 3.8) is 0 Å². The van der Waals surface area contributed by atoms with Crippen LogP contribution >= 0.6 is 0 Å². The van der Waals surface area contributed by atoms with Gasteiger partial charge in [0.25, 0.3) is 0 Å². The number of piperidine rings is 1. The van der Waals surface area contributed by atoms with Crippen molar-refractivity contribution in [3.05, 3.63) is 39.4 Å². The minimum Gasteiger partial charge on any atom is -0.477 e. The van der Waals surface area contributed by atoms with Crippen molar-refractivity contribution in [2.45, 2.75) is 45.7 Å². The third kappa shape index (κ3) is 2.89. The highest BCUT2D eigenvalue weighted by Crippen LogP contribution is 2.40. The molecule has 2 aliphatic rings. The van der Waals surface area contributed by atoms with Gasteiger partial charge in [0.1, 0.15) is 11.4 Å². The summed E-state index contributed by atoms with van der Waals surface area (Å²) in [6, 6.07) is 1.30. The Labute approximate surface area is 162 Å². The lowest BCUT2D eigenvalue weighted by Gasteiger charge is -2.41. The zero-order chi connectivity index (χ0) is 20.3. The van der Waals surface area contributed by atoms with E-state index < -0.39 is 17.2 Å². The van der Waals surface area contributed by atoms with Gasteiger partial charge in [-0.25, -0.2) is 9.18 Å². The van der Waals surface area contributed by atoms with Gasteiger partial charge < -0.3 is 20.3 Å². The maximum absolute atomic E-state index is 15.2. The molecule has 0 radical (unpaired) electrons. The fourth-order valence-electron chi connectivity index (χ4n) is 4.46. The van der Waals surface area contributed by atoms with Crippen LogP contribution in [-0.2, 0) is 0 Å². The lowest BCUT2D eigenvalue weighted by atomic mass is 9.84. The van der Waals surface area contributed by atoms with Crippen LogP contribution in [0.25, 0.3) is 10.9 Å². The predicted octanol–water partition coefficient (Wildman–Crippen LogP) is 2.90. The Balaban J connectivity index is 1.95. The number of aromatic nitrogens is 1. The summed E-state index contributed by atoms with van der Waals surface area (Å²) in [4.78, 5) is 26.2. The molecule has 28 heavy (non-hydrogen) atoms. The number of aryl methyl sites for hydroxylation is 1. The monoisotopic (exact) mass is 387 g/mol. The molecule has 3 N–H and O–H groups in total. The normalized spacial score (nSPS) is 25.3. The molecule has 6 nitrogen and oxygen atoms in total. The van der Waals surface area contributed by atoms with E-state index in [1.165, 1.54) is 12.3 Å². The van der Waals surface area contributed by atoms with E-state index in [-0.39, 0.29) is 23.0 Å². The second-order valence-corrected chi connectivity index (χ2v) is 8.45. The Morgan fingerprint density at radius 2 is 1.96 bits per heavy atom. The molecule has 0 unspecified atom stereocenters. The molecule has 1 aliphatic carbocycles. The lowest BCUT2D eigenvalue weighted by molar-refractivity contribution is 0.0695. The quantitative estimate of drug-likeness (QED) is 0.845. The van der Waals surface area contributed by atoms with E-state index in [2.05, 4.69) is 13.8 Å². The number of carbonyl (C=O) groups is 1. The first kappa shape index (κ1) is 18.9. The van der Waals surface area contributed by atoms with Gasteiger partial charge in [-0.3, -0.25) is 4.79 Å². The Morgan fingerprint density at radius 3 is 2.54 bits per heavy atom. The fraction of sp³-hybridized carbons (Fsp3) is 0.524. The molecule has 150 valence electrons. The molecule has 2 heterocycles. The molecule has 1 saturated carbocycles. The van der Waals surface area contributed by atoms with Gasteiger partial charge in [-0.1, -0.05) is 13.8 Å². The molecule has 0 spiro atoms. The van der Waals surface area contributed by atoms with Crippen molar-refractivity contribution in [2.24, 2.45) is 17.6 Å². The van der Waals surface area contributed by atoms with E-state index >= 15 is 4.39 Å². The fourth-order valence-corrected chi connectivity index (χ4v) is 4.46. The van der Waals surface area contributed by atoms with Gasteiger partial charge in [-0.05, 0) is 43.2 Å². The molecule has 1 saturated heterocycles. The van der Waals surface area contributed by atoms with Gasteiger partial charge in [0.15, 0.2) is 0 Å². The summed E-state index contributed by atoms with van der Waals surface area (Å²) < 4.78 is 17.1. The van der Waals surface area contributed by atoms with Gasteiger partial charge >= 0.3 is 5.97 Å². The first-order valence-corrected chi connectivity index (χ1v) is 9.82. The summed E-state index contributed by atoms with van der Waals surface area (Å²) in [6.45, 7) is 7.29. The number of anilines is 1. The average molecular weight is 387 g/mol. The summed E-state index contributed by atoms with van der Waals surface area (Å²) in [5.41, 5.74) is 7.12. The number of nitrogens with zero attached hydrogens (tertiary/aromatic N) is 2. The summed E-state index contributed by atoms with van der Waals surface area (Å²) in [7, 11) is 0. The highest BCUT2D eigenvalue weighted by Gasteiger charge is 2.33. The van der Waals surface area contributed by atoms with Crippen molar-refractivity contribution >= 4 is 22.6 Å². The first-order valence-electron chi connectivity index (χ1n) is 9.82. The van der Waals surface area contributed by atoms with E-state index in [4.69, 9.17) is 5.73 Å². The maximum Gasteiger partial charge on any atom is 0.341 e. The van der Waals surface area contributed by atoms with Crippen molar-refractivity contribution in [1.82, 2.24) is 4.57 Å². The van der Waals surface area contributed by atoms with Crippen LogP contribution in [-0.4, -0.2) is 34.8 Å². The van der Waals surface area contributed by atoms with Crippen molar-refractivity contribution in [3.8, 4) is 0 Å². The van der Waals surface area contributed by atoms with Gasteiger partial charge in [0.05, 0.1) is 11.2 Å². The Hall–Kier alpha value is -2.41. The number of benzene rings is 1. The Bertz CT molecular complexity index is 1020. The zero-order valence-electron chi connectivity index (χ0n) is 16.4. The largest absolute Gasteiger partial charge is 0.477 e. The molecule has 2 fully saturated rings. The number of carboxylic acid groups (broad SMARTS) is 1. The molecule has 0 bridgehead atoms. The van der Waals surface area contributed by atoms with Crippen molar-refractivity contribution in [2.75, 3.05) is 18.0 Å². The molecular formula is C21H26FN3O3. The standard InChI is InChI=1S/C21H26FN3O3/c1-10-7-24(9-17(23)11(10)2)19-12(3)18-14(6-16(19)22)20(26)15(21(27)28)8-25(18)13-4-5-13/h6,8,10-11,13,17H,4-5,7,9,23H2,1-3H3,(H,27,28)/t10-,11-,17+/m0/s1. The number of aromatic carboxylic acids is 1. The first-order chi connectivity index (χ1) is 13.2. The zero-order valence-corrected chi connectivity index (χ0v) is 16.4. The van der Waals surface area contributed by atoms with Gasteiger partial charge in [-0.15, -0.1) is 0 Å². The predicted molar refractivity (Wildman–Crippen MR) is 107 cm³/mol. The van der Waals surface area contributed by atoms with E-state index in [0.717, 1.165) is 12.8 Å². The highest BCUT2D eigenvalue weighted by molar-refractivity contribution is 5.95. The summed E-state index contributed by atoms with van der Waals surface area (Å²) in [6.07, 6.45) is 3.27. The van der Waals surface area contributed by atoms with Gasteiger partial charge in [0, 0.05) is 36.8 Å². The molecular weight excluding hydrogens is 361 g/mol. The number of fused-ring (bicyclic) bond motifs is 1. The minimum absolute atomic E-state index is 0.0572. The van der Waals surface area contributed by atoms with Crippen LogP contribution in [0, 0.1) is 24.6 Å². The highest BCUT2D eigenvalue weighted by atomic mass is 19.1. The van der Waals surface area contributed by atoms with Crippen LogP contribution in [0.1, 0.15) is 48.7 Å². The van der Waals surface area contributed by atoms with E-state index in [0.29, 0.717) is 41.7 Å². The van der Waals surface area contributed by atoms with Crippen molar-refractivity contribution in [1.29, 1.82) is 0 Å². The second-order valence-electron chi connectivity index (χ2n) is 8.45.